The molecule has 1 saturated carbocycles. The van der Waals surface area contributed by atoms with Crippen molar-refractivity contribution in [3.05, 3.63) is 29.6 Å². The zero-order valence-corrected chi connectivity index (χ0v) is 12.5. The van der Waals surface area contributed by atoms with Gasteiger partial charge in [0.25, 0.3) is 0 Å². The fourth-order valence-corrected chi connectivity index (χ4v) is 3.04. The van der Waals surface area contributed by atoms with Crippen molar-refractivity contribution in [1.29, 1.82) is 5.26 Å². The van der Waals surface area contributed by atoms with E-state index in [0.29, 0.717) is 11.5 Å². The molecule has 0 heterocycles. The lowest BCUT2D eigenvalue weighted by atomic mass is 9.71. The molecule has 0 aromatic heterocycles. The van der Waals surface area contributed by atoms with Gasteiger partial charge in [-0.15, -0.1) is 0 Å². The second-order valence-electron chi connectivity index (χ2n) is 6.87. The third-order valence-corrected chi connectivity index (χ3v) is 4.41. The van der Waals surface area contributed by atoms with Crippen molar-refractivity contribution in [1.82, 2.24) is 0 Å². The summed E-state index contributed by atoms with van der Waals surface area (Å²) in [5, 5.41) is 12.3. The molecule has 108 valence electrons. The molecule has 0 radical (unpaired) electrons. The molecule has 0 unspecified atom stereocenters. The number of nitriles is 1. The number of anilines is 1. The Labute approximate surface area is 121 Å². The average Bonchev–Trinajstić information content (AvgIpc) is 2.40. The van der Waals surface area contributed by atoms with Crippen LogP contribution in [0.15, 0.2) is 18.2 Å². The Morgan fingerprint density at radius 2 is 1.85 bits per heavy atom. The first-order chi connectivity index (χ1) is 9.40. The van der Waals surface area contributed by atoms with Crippen LogP contribution in [-0.4, -0.2) is 6.04 Å². The lowest BCUT2D eigenvalue weighted by molar-refractivity contribution is 0.173. The molecule has 1 aliphatic rings. The molecule has 2 nitrogen and oxygen atoms in total. The molecule has 0 atom stereocenters. The molecular formula is C17H23FN2. The number of hydrogen-bond acceptors (Lipinski definition) is 2. The standard InChI is InChI=1S/C17H23FN2/c1-17(2,3)13-4-6-14(7-5-13)20-15-8-9-16(18)12(10-15)11-19/h8-10,13-14,20H,4-7H2,1-3H3. The fraction of sp³-hybridized carbons (Fsp3) is 0.588. The largest absolute Gasteiger partial charge is 0.382 e. The topological polar surface area (TPSA) is 35.8 Å². The summed E-state index contributed by atoms with van der Waals surface area (Å²) in [6.07, 6.45) is 4.74. The highest BCUT2D eigenvalue weighted by Crippen LogP contribution is 2.38. The van der Waals surface area contributed by atoms with Gasteiger partial charge in [0.1, 0.15) is 11.9 Å². The molecule has 20 heavy (non-hydrogen) atoms. The number of nitrogens with zero attached hydrogens (tertiary/aromatic N) is 1. The Morgan fingerprint density at radius 3 is 2.40 bits per heavy atom. The highest BCUT2D eigenvalue weighted by molar-refractivity contribution is 5.50. The molecule has 2 rings (SSSR count). The van der Waals surface area contributed by atoms with Gasteiger partial charge in [0.05, 0.1) is 5.56 Å². The van der Waals surface area contributed by atoms with E-state index >= 15 is 0 Å². The van der Waals surface area contributed by atoms with E-state index in [2.05, 4.69) is 26.1 Å². The van der Waals surface area contributed by atoms with Gasteiger partial charge in [0.15, 0.2) is 0 Å². The van der Waals surface area contributed by atoms with E-state index in [1.807, 2.05) is 6.07 Å². The Kier molecular flexibility index (Phi) is 4.32. The summed E-state index contributed by atoms with van der Waals surface area (Å²) < 4.78 is 13.3. The first kappa shape index (κ1) is 14.8. The first-order valence-corrected chi connectivity index (χ1v) is 7.36. The van der Waals surface area contributed by atoms with Crippen LogP contribution >= 0.6 is 0 Å². The number of hydrogen-bond donors (Lipinski definition) is 1. The summed E-state index contributed by atoms with van der Waals surface area (Å²) in [5.74, 6) is 0.331. The number of nitrogens with one attached hydrogen (secondary N) is 1. The van der Waals surface area contributed by atoms with Crippen molar-refractivity contribution in [2.45, 2.75) is 52.5 Å². The Hall–Kier alpha value is -1.56. The number of benzene rings is 1. The van der Waals surface area contributed by atoms with Crippen molar-refractivity contribution in [2.24, 2.45) is 11.3 Å². The molecule has 1 aromatic carbocycles. The molecular weight excluding hydrogens is 251 g/mol. The van der Waals surface area contributed by atoms with Crippen LogP contribution in [0.4, 0.5) is 10.1 Å². The third kappa shape index (κ3) is 3.50. The van der Waals surface area contributed by atoms with Gasteiger partial charge in [-0.1, -0.05) is 20.8 Å². The van der Waals surface area contributed by atoms with Crippen molar-refractivity contribution < 1.29 is 4.39 Å². The van der Waals surface area contributed by atoms with Crippen LogP contribution in [0.1, 0.15) is 52.0 Å². The molecule has 0 amide bonds. The van der Waals surface area contributed by atoms with E-state index in [1.54, 1.807) is 12.1 Å². The van der Waals surface area contributed by atoms with Gasteiger partial charge in [0.2, 0.25) is 0 Å². The van der Waals surface area contributed by atoms with Gasteiger partial charge in [0, 0.05) is 11.7 Å². The van der Waals surface area contributed by atoms with Crippen molar-refractivity contribution >= 4 is 5.69 Å². The summed E-state index contributed by atoms with van der Waals surface area (Å²) in [7, 11) is 0. The summed E-state index contributed by atoms with van der Waals surface area (Å²) in [6, 6.07) is 7.00. The minimum absolute atomic E-state index is 0.110. The van der Waals surface area contributed by atoms with E-state index in [-0.39, 0.29) is 5.56 Å². The zero-order valence-electron chi connectivity index (χ0n) is 12.5. The average molecular weight is 274 g/mol. The molecule has 1 aromatic rings. The van der Waals surface area contributed by atoms with Crippen LogP contribution in [0.25, 0.3) is 0 Å². The maximum Gasteiger partial charge on any atom is 0.141 e. The Morgan fingerprint density at radius 1 is 1.20 bits per heavy atom. The van der Waals surface area contributed by atoms with Crippen LogP contribution in [0.3, 0.4) is 0 Å². The molecule has 0 spiro atoms. The summed E-state index contributed by atoms with van der Waals surface area (Å²) in [5.41, 5.74) is 1.34. The van der Waals surface area contributed by atoms with E-state index in [9.17, 15) is 4.39 Å². The lowest BCUT2D eigenvalue weighted by Gasteiger charge is -2.37. The molecule has 1 aliphatic carbocycles. The zero-order chi connectivity index (χ0) is 14.8. The molecule has 0 saturated heterocycles. The summed E-state index contributed by atoms with van der Waals surface area (Å²) in [4.78, 5) is 0. The van der Waals surface area contributed by atoms with Crippen molar-refractivity contribution in [2.75, 3.05) is 5.32 Å². The smallest absolute Gasteiger partial charge is 0.141 e. The van der Waals surface area contributed by atoms with Crippen LogP contribution in [0, 0.1) is 28.5 Å². The van der Waals surface area contributed by atoms with Crippen LogP contribution in [-0.2, 0) is 0 Å². The maximum atomic E-state index is 13.3. The van der Waals surface area contributed by atoms with Crippen LogP contribution < -0.4 is 5.32 Å². The SMILES string of the molecule is CC(C)(C)C1CCC(Nc2ccc(F)c(C#N)c2)CC1. The summed E-state index contributed by atoms with van der Waals surface area (Å²) >= 11 is 0. The Balaban J connectivity index is 1.95. The van der Waals surface area contributed by atoms with Gasteiger partial charge >= 0.3 is 0 Å². The maximum absolute atomic E-state index is 13.3. The lowest BCUT2D eigenvalue weighted by Crippen LogP contribution is -2.31. The van der Waals surface area contributed by atoms with E-state index in [4.69, 9.17) is 5.26 Å². The quantitative estimate of drug-likeness (QED) is 0.847. The minimum atomic E-state index is -0.450. The molecule has 1 N–H and O–H groups in total. The fourth-order valence-electron chi connectivity index (χ4n) is 3.04. The molecule has 1 fully saturated rings. The van der Waals surface area contributed by atoms with Crippen molar-refractivity contribution in [3.8, 4) is 6.07 Å². The second kappa shape index (κ2) is 5.83. The first-order valence-electron chi connectivity index (χ1n) is 7.36. The van der Waals surface area contributed by atoms with E-state index in [0.717, 1.165) is 24.4 Å². The van der Waals surface area contributed by atoms with Crippen LogP contribution in [0.5, 0.6) is 0 Å². The van der Waals surface area contributed by atoms with Gasteiger partial charge in [-0.3, -0.25) is 0 Å². The normalized spacial score (nSPS) is 23.1. The molecule has 3 heteroatoms. The van der Waals surface area contributed by atoms with E-state index in [1.165, 1.54) is 18.9 Å². The summed E-state index contributed by atoms with van der Waals surface area (Å²) in [6.45, 7) is 6.93. The van der Waals surface area contributed by atoms with Gasteiger partial charge in [-0.05, 0) is 55.2 Å². The monoisotopic (exact) mass is 274 g/mol. The predicted octanol–water partition coefficient (Wildman–Crippen LogP) is 4.71. The van der Waals surface area contributed by atoms with Gasteiger partial charge < -0.3 is 5.32 Å². The second-order valence-corrected chi connectivity index (χ2v) is 6.87. The molecule has 0 aliphatic heterocycles. The predicted molar refractivity (Wildman–Crippen MR) is 79.9 cm³/mol. The minimum Gasteiger partial charge on any atom is -0.382 e. The Bertz CT molecular complexity index is 503. The highest BCUT2D eigenvalue weighted by Gasteiger charge is 2.29. The van der Waals surface area contributed by atoms with Gasteiger partial charge in [-0.25, -0.2) is 4.39 Å². The van der Waals surface area contributed by atoms with Crippen molar-refractivity contribution in [3.63, 3.8) is 0 Å². The molecule has 0 bridgehead atoms. The van der Waals surface area contributed by atoms with Gasteiger partial charge in [-0.2, -0.15) is 5.26 Å². The van der Waals surface area contributed by atoms with E-state index < -0.39 is 5.82 Å². The van der Waals surface area contributed by atoms with Crippen LogP contribution in [0.2, 0.25) is 0 Å². The highest BCUT2D eigenvalue weighted by atomic mass is 19.1. The number of rotatable bonds is 2. The number of halogens is 1. The third-order valence-electron chi connectivity index (χ3n) is 4.41.